The molecular weight excluding hydrogens is 330 g/mol. The number of rotatable bonds is 4. The highest BCUT2D eigenvalue weighted by Gasteiger charge is 2.24. The lowest BCUT2D eigenvalue weighted by Crippen LogP contribution is -2.05. The molecule has 0 N–H and O–H groups in total. The quantitative estimate of drug-likeness (QED) is 0.627. The largest absolute Gasteiger partial charge is 0.493 e. The van der Waals surface area contributed by atoms with Crippen molar-refractivity contribution < 1.29 is 19.0 Å². The number of methoxy groups -OCH3 is 2. The van der Waals surface area contributed by atoms with Gasteiger partial charge in [-0.25, -0.2) is 9.79 Å². The van der Waals surface area contributed by atoms with Crippen molar-refractivity contribution >= 4 is 29.5 Å². The standard InChI is InChI=1S/C18H14ClNO4/c1-22-14-9-8-12(15(19)16(14)23-2)10-13-18(21)24-17(20-13)11-6-4-3-5-7-11/h3-10H,1-2H3/b13-10-. The Morgan fingerprint density at radius 3 is 2.50 bits per heavy atom. The van der Waals surface area contributed by atoms with E-state index in [2.05, 4.69) is 4.99 Å². The maximum absolute atomic E-state index is 12.0. The molecule has 0 amide bonds. The summed E-state index contributed by atoms with van der Waals surface area (Å²) >= 11 is 6.32. The first kappa shape index (κ1) is 16.1. The van der Waals surface area contributed by atoms with E-state index in [-0.39, 0.29) is 11.6 Å². The fourth-order valence-corrected chi connectivity index (χ4v) is 2.56. The van der Waals surface area contributed by atoms with E-state index in [1.807, 2.05) is 30.3 Å². The predicted octanol–water partition coefficient (Wildman–Crippen LogP) is 3.70. The number of cyclic esters (lactones) is 1. The fraction of sp³-hybridized carbons (Fsp3) is 0.111. The van der Waals surface area contributed by atoms with Crippen LogP contribution in [0.15, 0.2) is 53.2 Å². The van der Waals surface area contributed by atoms with Gasteiger partial charge < -0.3 is 14.2 Å². The molecule has 6 heteroatoms. The van der Waals surface area contributed by atoms with Crippen molar-refractivity contribution in [2.24, 2.45) is 4.99 Å². The van der Waals surface area contributed by atoms with Gasteiger partial charge in [0.15, 0.2) is 17.2 Å². The summed E-state index contributed by atoms with van der Waals surface area (Å²) in [5.74, 6) is 0.641. The van der Waals surface area contributed by atoms with Gasteiger partial charge in [0.1, 0.15) is 0 Å². The molecule has 0 saturated heterocycles. The van der Waals surface area contributed by atoms with E-state index in [9.17, 15) is 4.79 Å². The van der Waals surface area contributed by atoms with Crippen LogP contribution in [0.5, 0.6) is 11.5 Å². The molecule has 0 radical (unpaired) electrons. The van der Waals surface area contributed by atoms with E-state index in [4.69, 9.17) is 25.8 Å². The Balaban J connectivity index is 2.00. The average Bonchev–Trinajstić information content (AvgIpc) is 2.98. The number of nitrogens with zero attached hydrogens (tertiary/aromatic N) is 1. The third-order valence-electron chi connectivity index (χ3n) is 3.45. The van der Waals surface area contributed by atoms with Crippen LogP contribution in [0.25, 0.3) is 6.08 Å². The van der Waals surface area contributed by atoms with Crippen molar-refractivity contribution in [3.63, 3.8) is 0 Å². The molecule has 0 bridgehead atoms. The smallest absolute Gasteiger partial charge is 0.363 e. The summed E-state index contributed by atoms with van der Waals surface area (Å²) in [5.41, 5.74) is 1.48. The first-order valence-corrected chi connectivity index (χ1v) is 7.50. The van der Waals surface area contributed by atoms with Crippen molar-refractivity contribution in [1.82, 2.24) is 0 Å². The molecule has 2 aromatic carbocycles. The van der Waals surface area contributed by atoms with Crippen LogP contribution in [0, 0.1) is 0 Å². The zero-order valence-corrected chi connectivity index (χ0v) is 13.8. The van der Waals surface area contributed by atoms with Crippen LogP contribution in [0.3, 0.4) is 0 Å². The fourth-order valence-electron chi connectivity index (χ4n) is 2.28. The second-order valence-electron chi connectivity index (χ2n) is 4.91. The second kappa shape index (κ2) is 6.76. The maximum atomic E-state index is 12.0. The van der Waals surface area contributed by atoms with Crippen LogP contribution in [0.4, 0.5) is 0 Å². The summed E-state index contributed by atoms with van der Waals surface area (Å²) in [7, 11) is 3.02. The monoisotopic (exact) mass is 343 g/mol. The molecule has 0 unspecified atom stereocenters. The number of esters is 1. The van der Waals surface area contributed by atoms with Crippen molar-refractivity contribution in [1.29, 1.82) is 0 Å². The zero-order chi connectivity index (χ0) is 17.1. The van der Waals surface area contributed by atoms with Crippen molar-refractivity contribution in [3.05, 3.63) is 64.3 Å². The highest BCUT2D eigenvalue weighted by molar-refractivity contribution is 6.34. The summed E-state index contributed by atoms with van der Waals surface area (Å²) in [6, 6.07) is 12.6. The topological polar surface area (TPSA) is 57.1 Å². The minimum Gasteiger partial charge on any atom is -0.493 e. The average molecular weight is 344 g/mol. The van der Waals surface area contributed by atoms with Gasteiger partial charge in [0.2, 0.25) is 5.90 Å². The highest BCUT2D eigenvalue weighted by atomic mass is 35.5. The first-order valence-electron chi connectivity index (χ1n) is 7.12. The van der Waals surface area contributed by atoms with Gasteiger partial charge >= 0.3 is 5.97 Å². The Morgan fingerprint density at radius 1 is 1.08 bits per heavy atom. The molecule has 5 nitrogen and oxygen atoms in total. The van der Waals surface area contributed by atoms with E-state index >= 15 is 0 Å². The summed E-state index contributed by atoms with van der Waals surface area (Å²) in [5, 5.41) is 0.334. The molecule has 0 spiro atoms. The second-order valence-corrected chi connectivity index (χ2v) is 5.28. The van der Waals surface area contributed by atoms with Gasteiger partial charge in [-0.3, -0.25) is 0 Å². The maximum Gasteiger partial charge on any atom is 0.363 e. The van der Waals surface area contributed by atoms with E-state index in [0.717, 1.165) is 5.56 Å². The Labute approximate surface area is 144 Å². The molecule has 0 atom stereocenters. The van der Waals surface area contributed by atoms with Crippen LogP contribution in [-0.2, 0) is 9.53 Å². The van der Waals surface area contributed by atoms with Gasteiger partial charge in [-0.1, -0.05) is 29.8 Å². The molecule has 1 aliphatic rings. The van der Waals surface area contributed by atoms with Gasteiger partial charge in [-0.05, 0) is 35.9 Å². The van der Waals surface area contributed by atoms with Crippen LogP contribution in [-0.4, -0.2) is 26.1 Å². The number of benzene rings is 2. The minimum absolute atomic E-state index is 0.169. The van der Waals surface area contributed by atoms with Gasteiger partial charge in [0, 0.05) is 5.56 Å². The lowest BCUT2D eigenvalue weighted by molar-refractivity contribution is -0.129. The molecule has 1 aliphatic heterocycles. The van der Waals surface area contributed by atoms with E-state index < -0.39 is 5.97 Å². The molecule has 2 aromatic rings. The van der Waals surface area contributed by atoms with Gasteiger partial charge in [0.05, 0.1) is 19.2 Å². The number of carbonyl (C=O) groups is 1. The molecule has 0 saturated carbocycles. The van der Waals surface area contributed by atoms with E-state index in [1.165, 1.54) is 14.2 Å². The number of hydrogen-bond donors (Lipinski definition) is 0. The van der Waals surface area contributed by atoms with E-state index in [1.54, 1.807) is 18.2 Å². The summed E-state index contributed by atoms with van der Waals surface area (Å²) in [6.07, 6.45) is 1.56. The van der Waals surface area contributed by atoms with Crippen LogP contribution in [0.1, 0.15) is 11.1 Å². The minimum atomic E-state index is -0.528. The highest BCUT2D eigenvalue weighted by Crippen LogP contribution is 2.38. The third kappa shape index (κ3) is 2.98. The molecule has 0 fully saturated rings. The van der Waals surface area contributed by atoms with Crippen LogP contribution in [0.2, 0.25) is 5.02 Å². The number of halogens is 1. The Morgan fingerprint density at radius 2 is 1.83 bits per heavy atom. The third-order valence-corrected chi connectivity index (χ3v) is 3.84. The van der Waals surface area contributed by atoms with E-state index in [0.29, 0.717) is 22.1 Å². The van der Waals surface area contributed by atoms with Crippen LogP contribution < -0.4 is 9.47 Å². The zero-order valence-electron chi connectivity index (χ0n) is 13.1. The normalized spacial score (nSPS) is 15.2. The number of hydrogen-bond acceptors (Lipinski definition) is 5. The molecule has 1 heterocycles. The van der Waals surface area contributed by atoms with Crippen molar-refractivity contribution in [2.75, 3.05) is 14.2 Å². The molecule has 0 aliphatic carbocycles. The Bertz CT molecular complexity index is 844. The van der Waals surface area contributed by atoms with Crippen LogP contribution >= 0.6 is 11.6 Å². The first-order chi connectivity index (χ1) is 11.6. The van der Waals surface area contributed by atoms with Gasteiger partial charge in [-0.2, -0.15) is 0 Å². The SMILES string of the molecule is COc1ccc(/C=C2\N=C(c3ccccc3)OC2=O)c(Cl)c1OC. The predicted molar refractivity (Wildman–Crippen MR) is 91.6 cm³/mol. The number of aliphatic imine (C=N–C) groups is 1. The van der Waals surface area contributed by atoms with Crippen molar-refractivity contribution in [2.45, 2.75) is 0 Å². The van der Waals surface area contributed by atoms with Crippen molar-refractivity contribution in [3.8, 4) is 11.5 Å². The molecule has 24 heavy (non-hydrogen) atoms. The number of ether oxygens (including phenoxy) is 3. The molecule has 0 aromatic heterocycles. The summed E-state index contributed by atoms with van der Waals surface area (Å²) in [6.45, 7) is 0. The number of carbonyl (C=O) groups excluding carboxylic acids is 1. The summed E-state index contributed by atoms with van der Waals surface area (Å²) in [4.78, 5) is 16.3. The summed E-state index contributed by atoms with van der Waals surface area (Å²) < 4.78 is 15.7. The Hall–Kier alpha value is -2.79. The lowest BCUT2D eigenvalue weighted by atomic mass is 10.1. The lowest BCUT2D eigenvalue weighted by Gasteiger charge is -2.10. The molecular formula is C18H14ClNO4. The van der Waals surface area contributed by atoms with Gasteiger partial charge in [0.25, 0.3) is 0 Å². The molecule has 122 valence electrons. The Kier molecular flexibility index (Phi) is 4.53. The molecule has 3 rings (SSSR count). The van der Waals surface area contributed by atoms with Gasteiger partial charge in [-0.15, -0.1) is 0 Å².